The van der Waals surface area contributed by atoms with Gasteiger partial charge in [0.05, 0.1) is 4.90 Å². The normalized spacial score (nSPS) is 11.1. The van der Waals surface area contributed by atoms with Crippen molar-refractivity contribution in [2.75, 3.05) is 5.75 Å². The van der Waals surface area contributed by atoms with E-state index in [9.17, 15) is 8.78 Å². The van der Waals surface area contributed by atoms with Crippen molar-refractivity contribution < 1.29 is 13.5 Å². The molecule has 0 amide bonds. The number of hydrogen-bond donors (Lipinski definition) is 0. The lowest BCUT2D eigenvalue weighted by Crippen LogP contribution is -2.24. The first-order valence-corrected chi connectivity index (χ1v) is 9.92. The highest BCUT2D eigenvalue weighted by atomic mass is 32.2. The van der Waals surface area contributed by atoms with Crippen LogP contribution in [0.5, 0.6) is 5.75 Å². The molecule has 0 aliphatic heterocycles. The Kier molecular flexibility index (Phi) is 8.88. The van der Waals surface area contributed by atoms with Crippen molar-refractivity contribution in [1.82, 2.24) is 0 Å². The van der Waals surface area contributed by atoms with E-state index in [1.54, 1.807) is 32.9 Å². The van der Waals surface area contributed by atoms with Crippen molar-refractivity contribution in [3.63, 3.8) is 0 Å². The van der Waals surface area contributed by atoms with Crippen LogP contribution in [0.4, 0.5) is 8.78 Å². The molecule has 1 aromatic carbocycles. The molecular formula is C20H26F2N2OS. The molecule has 1 rings (SSSR count). The number of rotatable bonds is 9. The highest BCUT2D eigenvalue weighted by Gasteiger charge is 2.28. The summed E-state index contributed by atoms with van der Waals surface area (Å²) in [6, 6.07) is 3.18. The van der Waals surface area contributed by atoms with Crippen molar-refractivity contribution in [3.05, 3.63) is 22.8 Å². The van der Waals surface area contributed by atoms with Crippen molar-refractivity contribution in [3.8, 4) is 17.9 Å². The minimum absolute atomic E-state index is 0.0264. The summed E-state index contributed by atoms with van der Waals surface area (Å²) in [5, 5.41) is 18.3. The van der Waals surface area contributed by atoms with Gasteiger partial charge in [-0.1, -0.05) is 39.0 Å². The van der Waals surface area contributed by atoms with Crippen LogP contribution in [0.15, 0.2) is 4.90 Å². The third kappa shape index (κ3) is 6.18. The predicted octanol–water partition coefficient (Wildman–Crippen LogP) is 6.34. The fraction of sp³-hybridized carbons (Fsp3) is 0.600. The molecule has 0 heterocycles. The third-order valence-corrected chi connectivity index (χ3v) is 4.82. The van der Waals surface area contributed by atoms with Gasteiger partial charge in [-0.15, -0.1) is 11.8 Å². The molecule has 0 N–H and O–H groups in total. The Balaban J connectivity index is 3.06. The van der Waals surface area contributed by atoms with Gasteiger partial charge in [0.2, 0.25) is 0 Å². The average molecular weight is 381 g/mol. The minimum Gasteiger partial charge on any atom is -0.484 e. The number of nitriles is 2. The zero-order valence-corrected chi connectivity index (χ0v) is 16.7. The summed E-state index contributed by atoms with van der Waals surface area (Å²) in [7, 11) is 0. The van der Waals surface area contributed by atoms with Gasteiger partial charge < -0.3 is 4.74 Å². The van der Waals surface area contributed by atoms with E-state index >= 15 is 0 Å². The third-order valence-electron chi connectivity index (χ3n) is 3.67. The molecule has 26 heavy (non-hydrogen) atoms. The highest BCUT2D eigenvalue weighted by Crippen LogP contribution is 2.40. The molecule has 6 heteroatoms. The molecule has 1 aromatic rings. The number of hydrogen-bond acceptors (Lipinski definition) is 4. The maximum absolute atomic E-state index is 14.8. The highest BCUT2D eigenvalue weighted by molar-refractivity contribution is 7.99. The lowest BCUT2D eigenvalue weighted by Gasteiger charge is -2.24. The Bertz CT molecular complexity index is 700. The number of ether oxygens (including phenoxy) is 1. The number of benzene rings is 1. The maximum Gasteiger partial charge on any atom is 0.185 e. The van der Waals surface area contributed by atoms with Crippen molar-refractivity contribution in [1.29, 1.82) is 10.5 Å². The molecule has 0 aliphatic carbocycles. The summed E-state index contributed by atoms with van der Waals surface area (Å²) in [4.78, 5) is -0.0264. The number of thioether (sulfide) groups is 1. The average Bonchev–Trinajstić information content (AvgIpc) is 2.57. The van der Waals surface area contributed by atoms with Crippen LogP contribution >= 0.6 is 11.8 Å². The van der Waals surface area contributed by atoms with Crippen LogP contribution < -0.4 is 4.74 Å². The molecule has 0 saturated heterocycles. The van der Waals surface area contributed by atoms with E-state index in [0.29, 0.717) is 5.75 Å². The van der Waals surface area contributed by atoms with Gasteiger partial charge in [0.25, 0.3) is 0 Å². The Morgan fingerprint density at radius 1 is 0.923 bits per heavy atom. The fourth-order valence-electron chi connectivity index (χ4n) is 2.44. The molecule has 0 spiro atoms. The van der Waals surface area contributed by atoms with Crippen LogP contribution in [-0.2, 0) is 0 Å². The smallest absolute Gasteiger partial charge is 0.185 e. The Hall–Kier alpha value is -1.79. The Morgan fingerprint density at radius 3 is 2.00 bits per heavy atom. The van der Waals surface area contributed by atoms with Gasteiger partial charge in [0.15, 0.2) is 17.4 Å². The summed E-state index contributed by atoms with van der Waals surface area (Å²) in [5.74, 6) is -1.52. The van der Waals surface area contributed by atoms with Crippen LogP contribution in [0.25, 0.3) is 0 Å². The van der Waals surface area contributed by atoms with Crippen molar-refractivity contribution >= 4 is 11.8 Å². The Labute approximate surface area is 159 Å². The van der Waals surface area contributed by atoms with Gasteiger partial charge >= 0.3 is 0 Å². The van der Waals surface area contributed by atoms with Crippen LogP contribution in [0, 0.1) is 34.3 Å². The molecule has 142 valence electrons. The van der Waals surface area contributed by atoms with Crippen molar-refractivity contribution in [2.24, 2.45) is 0 Å². The summed E-state index contributed by atoms with van der Waals surface area (Å²) >= 11 is 1.14. The zero-order valence-electron chi connectivity index (χ0n) is 15.9. The van der Waals surface area contributed by atoms with Crippen LogP contribution in [0.3, 0.4) is 0 Å². The van der Waals surface area contributed by atoms with Gasteiger partial charge in [-0.2, -0.15) is 10.5 Å². The van der Waals surface area contributed by atoms with Gasteiger partial charge in [-0.3, -0.25) is 0 Å². The lowest BCUT2D eigenvalue weighted by atomic mass is 10.1. The standard InChI is InChI=1S/C20H26F2N2OS/c1-5-6-7-8-9-10-11-26-19-17(22)15(13-24)14(12-23)16(21)18(19)25-20(2,3)4/h5-11H2,1-4H3. The first kappa shape index (κ1) is 22.3. The topological polar surface area (TPSA) is 56.8 Å². The molecule has 0 radical (unpaired) electrons. The molecule has 0 aliphatic rings. The quantitative estimate of drug-likeness (QED) is 0.370. The van der Waals surface area contributed by atoms with Gasteiger partial charge in [-0.25, -0.2) is 8.78 Å². The summed E-state index contributed by atoms with van der Waals surface area (Å²) in [5.41, 5.74) is -1.92. The molecule has 0 unspecified atom stereocenters. The molecule has 0 saturated carbocycles. The molecule has 0 bridgehead atoms. The van der Waals surface area contributed by atoms with Crippen LogP contribution in [0.2, 0.25) is 0 Å². The van der Waals surface area contributed by atoms with E-state index < -0.39 is 28.4 Å². The van der Waals surface area contributed by atoms with E-state index in [4.69, 9.17) is 15.3 Å². The summed E-state index contributed by atoms with van der Waals surface area (Å²) < 4.78 is 35.1. The van der Waals surface area contributed by atoms with Crippen molar-refractivity contribution in [2.45, 2.75) is 76.7 Å². The minimum atomic E-state index is -0.967. The number of nitrogens with zero attached hydrogens (tertiary/aromatic N) is 2. The van der Waals surface area contributed by atoms with Crippen LogP contribution in [-0.4, -0.2) is 11.4 Å². The second-order valence-corrected chi connectivity index (χ2v) is 8.20. The van der Waals surface area contributed by atoms with Gasteiger partial charge in [0.1, 0.15) is 28.9 Å². The Morgan fingerprint density at radius 2 is 1.46 bits per heavy atom. The second kappa shape index (κ2) is 10.4. The van der Waals surface area contributed by atoms with E-state index in [1.807, 2.05) is 0 Å². The van der Waals surface area contributed by atoms with Crippen LogP contribution in [0.1, 0.15) is 77.3 Å². The van der Waals surface area contributed by atoms with E-state index in [2.05, 4.69) is 6.92 Å². The SMILES string of the molecule is CCCCCCCCSc1c(F)c(C#N)c(C#N)c(F)c1OC(C)(C)C. The lowest BCUT2D eigenvalue weighted by molar-refractivity contribution is 0.118. The van der Waals surface area contributed by atoms with E-state index in [-0.39, 0.29) is 10.6 Å². The molecule has 0 aromatic heterocycles. The summed E-state index contributed by atoms with van der Waals surface area (Å²) in [6.45, 7) is 7.31. The molecule has 3 nitrogen and oxygen atoms in total. The zero-order chi connectivity index (χ0) is 19.7. The van der Waals surface area contributed by atoms with Gasteiger partial charge in [0, 0.05) is 0 Å². The first-order chi connectivity index (χ1) is 12.3. The largest absolute Gasteiger partial charge is 0.484 e. The maximum atomic E-state index is 14.8. The molecule has 0 fully saturated rings. The molecular weight excluding hydrogens is 354 g/mol. The predicted molar refractivity (Wildman–Crippen MR) is 100 cm³/mol. The van der Waals surface area contributed by atoms with E-state index in [1.165, 1.54) is 19.3 Å². The van der Waals surface area contributed by atoms with E-state index in [0.717, 1.165) is 31.0 Å². The second-order valence-electron chi connectivity index (χ2n) is 7.09. The van der Waals surface area contributed by atoms with Gasteiger partial charge in [-0.05, 0) is 32.9 Å². The number of unbranched alkanes of at least 4 members (excludes halogenated alkanes) is 5. The fourth-order valence-corrected chi connectivity index (χ4v) is 3.48. The first-order valence-electron chi connectivity index (χ1n) is 8.93. The number of halogens is 2. The molecule has 0 atom stereocenters. The monoisotopic (exact) mass is 380 g/mol. The summed E-state index contributed by atoms with van der Waals surface area (Å²) in [6.07, 6.45) is 6.57.